The van der Waals surface area contributed by atoms with Gasteiger partial charge in [0, 0.05) is 17.5 Å². The molecule has 4 N–H and O–H groups in total. The van der Waals surface area contributed by atoms with Crippen LogP contribution in [0.2, 0.25) is 0 Å². The van der Waals surface area contributed by atoms with Crippen molar-refractivity contribution >= 4 is 5.97 Å². The predicted molar refractivity (Wildman–Crippen MR) is 136 cm³/mol. The SMILES string of the molecule is CON(C1O[C@@H](CO)[C@H](O)[C@@H]1O)[C@@H]1CC[C@@]2(C)C(CCC3C2CC[C@]2(C)[C@@H](C4=CC(=O)OC4)CC[C@]32O)C1. The molecule has 6 aliphatic rings. The average Bonchev–Trinajstić information content (AvgIpc) is 3.53. The van der Waals surface area contributed by atoms with Gasteiger partial charge in [-0.3, -0.25) is 4.84 Å². The van der Waals surface area contributed by atoms with Gasteiger partial charge in [-0.2, -0.15) is 5.06 Å². The van der Waals surface area contributed by atoms with Crippen molar-refractivity contribution in [3.8, 4) is 0 Å². The quantitative estimate of drug-likeness (QED) is 0.308. The van der Waals surface area contributed by atoms with E-state index >= 15 is 0 Å². The highest BCUT2D eigenvalue weighted by atomic mass is 16.7. The van der Waals surface area contributed by atoms with Gasteiger partial charge in [-0.15, -0.1) is 0 Å². The molecule has 1 saturated heterocycles. The Morgan fingerprint density at radius 3 is 2.50 bits per heavy atom. The third kappa shape index (κ3) is 3.72. The summed E-state index contributed by atoms with van der Waals surface area (Å²) in [5.74, 6) is 1.11. The van der Waals surface area contributed by atoms with E-state index in [1.165, 1.54) is 0 Å². The Balaban J connectivity index is 1.19. The molecule has 0 spiro atoms. The molecule has 0 aromatic carbocycles. The fourth-order valence-electron chi connectivity index (χ4n) is 10.2. The molecule has 0 amide bonds. The lowest BCUT2D eigenvalue weighted by molar-refractivity contribution is -0.284. The van der Waals surface area contributed by atoms with Crippen molar-refractivity contribution in [2.24, 2.45) is 34.5 Å². The summed E-state index contributed by atoms with van der Waals surface area (Å²) in [5, 5.41) is 44.6. The minimum Gasteiger partial charge on any atom is -0.458 e. The van der Waals surface area contributed by atoms with Gasteiger partial charge >= 0.3 is 5.97 Å². The molecule has 4 saturated carbocycles. The summed E-state index contributed by atoms with van der Waals surface area (Å²) < 4.78 is 11.1. The summed E-state index contributed by atoms with van der Waals surface area (Å²) in [6, 6.07) is 0.0403. The van der Waals surface area contributed by atoms with E-state index in [9.17, 15) is 25.2 Å². The summed E-state index contributed by atoms with van der Waals surface area (Å²) in [6.45, 7) is 4.70. The van der Waals surface area contributed by atoms with Crippen LogP contribution in [0.4, 0.5) is 0 Å². The van der Waals surface area contributed by atoms with Crippen molar-refractivity contribution in [1.82, 2.24) is 5.06 Å². The molecular weight excluding hydrogens is 490 g/mol. The number of esters is 1. The fourth-order valence-corrected chi connectivity index (χ4v) is 10.2. The Bertz CT molecular complexity index is 974. The van der Waals surface area contributed by atoms with Crippen molar-refractivity contribution in [3.05, 3.63) is 11.6 Å². The number of hydrogen-bond acceptors (Lipinski definition) is 9. The van der Waals surface area contributed by atoms with Crippen molar-refractivity contribution < 1.29 is 39.5 Å². The van der Waals surface area contributed by atoms with Crippen molar-refractivity contribution in [1.29, 1.82) is 0 Å². The molecule has 5 fully saturated rings. The minimum atomic E-state index is -1.15. The van der Waals surface area contributed by atoms with Crippen molar-refractivity contribution in [2.45, 2.75) is 108 Å². The minimum absolute atomic E-state index is 0.0403. The number of ether oxygens (including phenoxy) is 2. The van der Waals surface area contributed by atoms with Crippen LogP contribution < -0.4 is 0 Å². The largest absolute Gasteiger partial charge is 0.458 e. The number of hydrogen-bond donors (Lipinski definition) is 4. The summed E-state index contributed by atoms with van der Waals surface area (Å²) in [6.07, 6.45) is 6.29. The van der Waals surface area contributed by atoms with Gasteiger partial charge in [0.1, 0.15) is 24.9 Å². The van der Waals surface area contributed by atoms with E-state index in [0.29, 0.717) is 18.4 Å². The highest BCUT2D eigenvalue weighted by Gasteiger charge is 2.68. The maximum atomic E-state index is 12.4. The van der Waals surface area contributed by atoms with Crippen LogP contribution >= 0.6 is 0 Å². The monoisotopic (exact) mass is 535 g/mol. The lowest BCUT2D eigenvalue weighted by atomic mass is 9.43. The van der Waals surface area contributed by atoms with Gasteiger partial charge < -0.3 is 29.9 Å². The Kier molecular flexibility index (Phi) is 6.78. The van der Waals surface area contributed by atoms with Crippen LogP contribution in [0.5, 0.6) is 0 Å². The molecule has 9 nitrogen and oxygen atoms in total. The first-order valence-electron chi connectivity index (χ1n) is 14.6. The van der Waals surface area contributed by atoms with E-state index in [1.54, 1.807) is 18.2 Å². The second-order valence-electron chi connectivity index (χ2n) is 13.5. The van der Waals surface area contributed by atoms with Gasteiger partial charge in [-0.25, -0.2) is 4.79 Å². The number of cyclic esters (lactones) is 1. The van der Waals surface area contributed by atoms with Crippen LogP contribution in [0.1, 0.15) is 71.6 Å². The molecule has 0 radical (unpaired) electrons. The van der Waals surface area contributed by atoms with Crippen LogP contribution in [0.25, 0.3) is 0 Å². The summed E-state index contributed by atoms with van der Waals surface area (Å²) >= 11 is 0. The number of rotatable bonds is 5. The predicted octanol–water partition coefficient (Wildman–Crippen LogP) is 1.91. The van der Waals surface area contributed by atoms with Gasteiger partial charge in [0.2, 0.25) is 0 Å². The van der Waals surface area contributed by atoms with Crippen LogP contribution in [0.3, 0.4) is 0 Å². The van der Waals surface area contributed by atoms with E-state index in [4.69, 9.17) is 14.3 Å². The smallest absolute Gasteiger partial charge is 0.331 e. The topological polar surface area (TPSA) is 129 Å². The second-order valence-corrected chi connectivity index (χ2v) is 13.5. The normalized spacial score (nSPS) is 52.4. The van der Waals surface area contributed by atoms with E-state index in [2.05, 4.69) is 13.8 Å². The standard InChI is InChI=1S/C29H45NO8/c1-27-9-6-18(30(36-3)26-25(34)24(33)22(14-31)38-26)13-17(27)4-5-21-20(27)7-10-28(2)19(8-11-29(21,28)35)16-12-23(32)37-15-16/h12,17-22,24-26,31,33-35H,4-11,13-15H2,1-3H3/t17?,18-,19-,20?,21?,22+,24+,25+,26?,27+,28-,29+/m1/s1. The number of fused-ring (bicyclic) bond motifs is 5. The molecule has 4 aliphatic carbocycles. The first-order valence-corrected chi connectivity index (χ1v) is 14.6. The molecule has 0 bridgehead atoms. The van der Waals surface area contributed by atoms with Crippen LogP contribution in [-0.4, -0.2) is 88.0 Å². The van der Waals surface area contributed by atoms with Crippen molar-refractivity contribution in [3.63, 3.8) is 0 Å². The Hall–Kier alpha value is -1.07. The number of carbonyl (C=O) groups is 1. The molecule has 12 atom stereocenters. The maximum Gasteiger partial charge on any atom is 0.331 e. The Morgan fingerprint density at radius 1 is 1.05 bits per heavy atom. The Morgan fingerprint density at radius 2 is 1.84 bits per heavy atom. The van der Waals surface area contributed by atoms with Crippen LogP contribution in [0.15, 0.2) is 11.6 Å². The number of carbonyl (C=O) groups excluding carboxylic acids is 1. The first kappa shape index (κ1) is 27.1. The number of hydroxylamine groups is 2. The molecule has 2 aliphatic heterocycles. The molecule has 38 heavy (non-hydrogen) atoms. The lowest BCUT2D eigenvalue weighted by Gasteiger charge is -2.64. The average molecular weight is 536 g/mol. The van der Waals surface area contributed by atoms with E-state index in [0.717, 1.165) is 63.4 Å². The van der Waals surface area contributed by atoms with Crippen molar-refractivity contribution in [2.75, 3.05) is 20.3 Å². The Labute approximate surface area is 225 Å². The number of nitrogens with zero attached hydrogens (tertiary/aromatic N) is 1. The zero-order valence-corrected chi connectivity index (χ0v) is 22.9. The zero-order chi connectivity index (χ0) is 27.0. The molecule has 4 unspecified atom stereocenters. The van der Waals surface area contributed by atoms with E-state index in [1.807, 2.05) is 0 Å². The number of aliphatic hydroxyl groups is 4. The van der Waals surface area contributed by atoms with E-state index in [-0.39, 0.29) is 41.3 Å². The van der Waals surface area contributed by atoms with Gasteiger partial charge in [0.15, 0.2) is 6.23 Å². The molecule has 0 aromatic rings. The molecule has 214 valence electrons. The second kappa shape index (κ2) is 9.50. The first-order chi connectivity index (χ1) is 18.1. The molecule has 0 aromatic heterocycles. The van der Waals surface area contributed by atoms with Gasteiger partial charge in [0.25, 0.3) is 0 Å². The van der Waals surface area contributed by atoms with Gasteiger partial charge in [0.05, 0.1) is 19.3 Å². The van der Waals surface area contributed by atoms with Gasteiger partial charge in [-0.05, 0) is 92.4 Å². The molecule has 2 heterocycles. The van der Waals surface area contributed by atoms with Crippen LogP contribution in [-0.2, 0) is 19.1 Å². The summed E-state index contributed by atoms with van der Waals surface area (Å²) in [5.41, 5.74) is 0.216. The third-order valence-electron chi connectivity index (χ3n) is 12.3. The fraction of sp³-hybridized carbons (Fsp3) is 0.897. The molecule has 6 rings (SSSR count). The van der Waals surface area contributed by atoms with Crippen LogP contribution in [0, 0.1) is 34.5 Å². The third-order valence-corrected chi connectivity index (χ3v) is 12.3. The summed E-state index contributed by atoms with van der Waals surface area (Å²) in [7, 11) is 1.58. The highest BCUT2D eigenvalue weighted by molar-refractivity contribution is 5.85. The summed E-state index contributed by atoms with van der Waals surface area (Å²) in [4.78, 5) is 17.5. The zero-order valence-electron chi connectivity index (χ0n) is 22.9. The number of aliphatic hydroxyl groups excluding tert-OH is 3. The lowest BCUT2D eigenvalue weighted by Crippen LogP contribution is -2.63. The molecule has 9 heteroatoms. The molecular formula is C29H45NO8. The van der Waals surface area contributed by atoms with E-state index < -0.39 is 30.1 Å². The maximum absolute atomic E-state index is 12.4. The highest BCUT2D eigenvalue weighted by Crippen LogP contribution is 2.70. The van der Waals surface area contributed by atoms with Gasteiger partial charge in [-0.1, -0.05) is 13.8 Å².